The molecule has 5 aromatic carbocycles. The lowest BCUT2D eigenvalue weighted by Gasteiger charge is -2.26. The minimum absolute atomic E-state index is 0.0373. The fourth-order valence-corrected chi connectivity index (χ4v) is 7.74. The fraction of sp³-hybridized carbons (Fsp3) is 0.288. The number of nitrogens with one attached hydrogen (secondary N) is 5. The number of benzene rings is 5. The molecule has 336 valence electrons. The van der Waals surface area contributed by atoms with E-state index in [1.54, 1.807) is 24.3 Å². The minimum atomic E-state index is -1.21. The zero-order valence-corrected chi connectivity index (χ0v) is 36.2. The maximum Gasteiger partial charge on any atom is 0.303 e. The topological polar surface area (TPSA) is 200 Å². The zero-order valence-electron chi connectivity index (χ0n) is 36.2. The van der Waals surface area contributed by atoms with E-state index >= 15 is 0 Å². The molecule has 2 bridgehead atoms. The first-order chi connectivity index (χ1) is 31.5. The summed E-state index contributed by atoms with van der Waals surface area (Å²) < 4.78 is 0. The van der Waals surface area contributed by atoms with Crippen LogP contribution in [0.15, 0.2) is 140 Å². The summed E-state index contributed by atoms with van der Waals surface area (Å²) >= 11 is 0. The van der Waals surface area contributed by atoms with Gasteiger partial charge in [0, 0.05) is 50.3 Å². The van der Waals surface area contributed by atoms with Crippen molar-refractivity contribution in [1.82, 2.24) is 21.3 Å². The van der Waals surface area contributed by atoms with E-state index in [0.717, 1.165) is 27.8 Å². The molecule has 5 aromatic rings. The van der Waals surface area contributed by atoms with Crippen LogP contribution in [-0.4, -0.2) is 71.1 Å². The van der Waals surface area contributed by atoms with Gasteiger partial charge in [-0.15, -0.1) is 0 Å². The van der Waals surface area contributed by atoms with Crippen molar-refractivity contribution >= 4 is 47.0 Å². The highest BCUT2D eigenvalue weighted by Gasteiger charge is 2.32. The smallest absolute Gasteiger partial charge is 0.303 e. The number of Topliss-reactive ketones (excluding diaryl/α,β-unsaturated/α-hetero) is 1. The molecule has 0 aromatic heterocycles. The number of carboxylic acid groups (broad SMARTS) is 1. The number of anilines is 1. The van der Waals surface area contributed by atoms with E-state index in [1.165, 1.54) is 0 Å². The highest BCUT2D eigenvalue weighted by Crippen LogP contribution is 2.22. The van der Waals surface area contributed by atoms with Gasteiger partial charge in [-0.1, -0.05) is 127 Å². The molecule has 7 rings (SSSR count). The summed E-state index contributed by atoms with van der Waals surface area (Å²) in [7, 11) is 0. The second-order valence-electron chi connectivity index (χ2n) is 16.3. The van der Waals surface area contributed by atoms with Crippen LogP contribution in [0.4, 0.5) is 5.69 Å². The summed E-state index contributed by atoms with van der Waals surface area (Å²) in [5.74, 6) is -4.97. The van der Waals surface area contributed by atoms with Gasteiger partial charge in [-0.3, -0.25) is 33.6 Å². The normalized spacial score (nSPS) is 18.9. The van der Waals surface area contributed by atoms with Crippen LogP contribution in [0.3, 0.4) is 0 Å². The van der Waals surface area contributed by atoms with Crippen molar-refractivity contribution in [3.05, 3.63) is 162 Å². The van der Waals surface area contributed by atoms with Gasteiger partial charge < -0.3 is 31.7 Å². The predicted octanol–water partition coefficient (Wildman–Crippen LogP) is 5.76. The van der Waals surface area contributed by atoms with Gasteiger partial charge in [0.25, 0.3) is 0 Å². The number of ketones is 1. The van der Waals surface area contributed by atoms with Crippen molar-refractivity contribution in [2.75, 3.05) is 11.9 Å². The maximum absolute atomic E-state index is 14.7. The molecule has 0 spiro atoms. The molecule has 0 radical (unpaired) electrons. The van der Waals surface area contributed by atoms with E-state index in [0.29, 0.717) is 17.7 Å². The third kappa shape index (κ3) is 15.1. The summed E-state index contributed by atoms with van der Waals surface area (Å²) in [6.07, 6.45) is 0.276. The van der Waals surface area contributed by atoms with Gasteiger partial charge in [-0.05, 0) is 77.6 Å². The Kier molecular flexibility index (Phi) is 17.3. The summed E-state index contributed by atoms with van der Waals surface area (Å²) in [5.41, 5.74) is 5.53. The van der Waals surface area contributed by atoms with Crippen molar-refractivity contribution < 1.29 is 38.7 Å². The van der Waals surface area contributed by atoms with E-state index in [1.807, 2.05) is 115 Å². The highest BCUT2D eigenvalue weighted by atomic mass is 16.4. The third-order valence-electron chi connectivity index (χ3n) is 11.3. The number of aliphatic carboxylic acids is 1. The molecule has 0 aliphatic carbocycles. The fourth-order valence-electron chi connectivity index (χ4n) is 7.74. The molecule has 6 N–H and O–H groups in total. The van der Waals surface area contributed by atoms with Crippen LogP contribution in [0.5, 0.6) is 0 Å². The molecule has 13 nitrogen and oxygen atoms in total. The first-order valence-corrected chi connectivity index (χ1v) is 22.0. The van der Waals surface area contributed by atoms with Crippen molar-refractivity contribution in [3.63, 3.8) is 0 Å². The average molecular weight is 878 g/mol. The lowest BCUT2D eigenvalue weighted by Crippen LogP contribution is -2.57. The standard InChI is InChI=1S/C52H55N5O8/c58-46-34-41(50(63)53-30-10-17-49(61)62)31-37-20-25-42(26-21-37)54-47(59)28-29-48(60)55-43(27-22-35-11-4-1-5-12-35)51(64)57-45(52(65)56-44(46)32-36-13-6-2-7-14-36)33-38-18-23-40(24-19-38)39-15-8-3-9-16-39/h1-9,11-16,18-21,23-26,41,43-45H,10,17,22,27-34H2,(H,53,63)(H,54,59)(H,55,60)(H,56,65)(H,57,64)(H,61,62)/t41-,43-,44-,45+/m1/s1. The van der Waals surface area contributed by atoms with E-state index in [2.05, 4.69) is 26.6 Å². The predicted molar refractivity (Wildman–Crippen MR) is 247 cm³/mol. The van der Waals surface area contributed by atoms with E-state index in [4.69, 9.17) is 5.11 Å². The Morgan fingerprint density at radius 3 is 1.78 bits per heavy atom. The van der Waals surface area contributed by atoms with Crippen LogP contribution >= 0.6 is 0 Å². The van der Waals surface area contributed by atoms with E-state index < -0.39 is 65.3 Å². The van der Waals surface area contributed by atoms with Gasteiger partial charge >= 0.3 is 5.97 Å². The number of carbonyl (C=O) groups is 7. The van der Waals surface area contributed by atoms with Gasteiger partial charge in [-0.25, -0.2) is 0 Å². The maximum atomic E-state index is 14.7. The monoisotopic (exact) mass is 877 g/mol. The van der Waals surface area contributed by atoms with Gasteiger partial charge in [-0.2, -0.15) is 0 Å². The summed E-state index contributed by atoms with van der Waals surface area (Å²) in [4.78, 5) is 95.0. The molecule has 0 fully saturated rings. The van der Waals surface area contributed by atoms with Crippen LogP contribution in [-0.2, 0) is 59.2 Å². The first kappa shape index (κ1) is 47.1. The number of carboxylic acids is 1. The number of rotatable bonds is 13. The lowest BCUT2D eigenvalue weighted by atomic mass is 9.89. The minimum Gasteiger partial charge on any atom is -0.481 e. The van der Waals surface area contributed by atoms with Crippen molar-refractivity contribution in [1.29, 1.82) is 0 Å². The van der Waals surface area contributed by atoms with Gasteiger partial charge in [0.1, 0.15) is 12.1 Å². The molecule has 65 heavy (non-hydrogen) atoms. The van der Waals surface area contributed by atoms with Crippen LogP contribution in [0, 0.1) is 5.92 Å². The Balaban J connectivity index is 1.34. The van der Waals surface area contributed by atoms with Crippen LogP contribution < -0.4 is 26.6 Å². The van der Waals surface area contributed by atoms with Gasteiger partial charge in [0.2, 0.25) is 29.5 Å². The Hall–Kier alpha value is -7.41. The number of amides is 5. The average Bonchev–Trinajstić information content (AvgIpc) is 3.31. The number of hydrogen-bond donors (Lipinski definition) is 6. The summed E-state index contributed by atoms with van der Waals surface area (Å²) in [5, 5.41) is 23.4. The highest BCUT2D eigenvalue weighted by molar-refractivity contribution is 5.97. The second-order valence-corrected chi connectivity index (χ2v) is 16.3. The quantitative estimate of drug-likeness (QED) is 0.0634. The lowest BCUT2D eigenvalue weighted by molar-refractivity contribution is -0.137. The molecule has 2 heterocycles. The molecule has 2 aliphatic rings. The second kappa shape index (κ2) is 23.9. The Labute approximate surface area is 378 Å². The first-order valence-electron chi connectivity index (χ1n) is 22.0. The molecular weight excluding hydrogens is 823 g/mol. The molecule has 0 saturated heterocycles. The molecule has 0 saturated carbocycles. The molecule has 0 unspecified atom stereocenters. The molecule has 4 atom stereocenters. The van der Waals surface area contributed by atoms with Crippen LogP contribution in [0.2, 0.25) is 0 Å². The summed E-state index contributed by atoms with van der Waals surface area (Å²) in [6, 6.07) is 39.4. The number of carbonyl (C=O) groups excluding carboxylic acids is 6. The van der Waals surface area contributed by atoms with Crippen LogP contribution in [0.1, 0.15) is 60.8 Å². The number of aryl methyl sites for hydroxylation is 1. The number of fused-ring (bicyclic) bond motifs is 18. The third-order valence-corrected chi connectivity index (χ3v) is 11.3. The van der Waals surface area contributed by atoms with Crippen molar-refractivity contribution in [2.45, 2.75) is 82.3 Å². The molecule has 5 amide bonds. The largest absolute Gasteiger partial charge is 0.481 e. The van der Waals surface area contributed by atoms with Crippen LogP contribution in [0.25, 0.3) is 11.1 Å². The van der Waals surface area contributed by atoms with Crippen molar-refractivity contribution in [2.24, 2.45) is 5.92 Å². The van der Waals surface area contributed by atoms with E-state index in [-0.39, 0.29) is 64.3 Å². The Bertz CT molecular complexity index is 2390. The van der Waals surface area contributed by atoms with Gasteiger partial charge in [0.05, 0.1) is 6.04 Å². The van der Waals surface area contributed by atoms with E-state index in [9.17, 15) is 33.6 Å². The number of hydrogen-bond acceptors (Lipinski definition) is 7. The Morgan fingerprint density at radius 2 is 1.12 bits per heavy atom. The molecular formula is C52H55N5O8. The van der Waals surface area contributed by atoms with Crippen molar-refractivity contribution in [3.8, 4) is 11.1 Å². The Morgan fingerprint density at radius 1 is 0.569 bits per heavy atom. The molecule has 13 heteroatoms. The SMILES string of the molecule is O=C(O)CCCNC(=O)[C@H]1CC(=O)[C@@H](Cc2ccccc2)NC(=O)[C@H](Cc2ccc(-c3ccccc3)cc2)NC(=O)[C@@H](CCc2ccccc2)NC(=O)CCC(=O)Nc2ccc(cc2)C1. The molecule has 2 aliphatic heterocycles. The van der Waals surface area contributed by atoms with Gasteiger partial charge in [0.15, 0.2) is 5.78 Å². The zero-order chi connectivity index (χ0) is 46.0. The summed E-state index contributed by atoms with van der Waals surface area (Å²) in [6.45, 7) is 0.0857.